The second-order valence-corrected chi connectivity index (χ2v) is 6.77. The molecule has 8 heteroatoms. The van der Waals surface area contributed by atoms with E-state index >= 15 is 0 Å². The number of hydrogen-bond donors (Lipinski definition) is 1. The Kier molecular flexibility index (Phi) is 4.57. The van der Waals surface area contributed by atoms with Crippen LogP contribution in [0.3, 0.4) is 0 Å². The van der Waals surface area contributed by atoms with Gasteiger partial charge in [-0.3, -0.25) is 0 Å². The van der Waals surface area contributed by atoms with E-state index in [9.17, 15) is 26.0 Å². The van der Waals surface area contributed by atoms with Crippen LogP contribution in [-0.2, 0) is 10.0 Å². The quantitative estimate of drug-likeness (QED) is 0.867. The Morgan fingerprint density at radius 1 is 1.10 bits per heavy atom. The standard InChI is InChI=1S/C13H15F4NO2S/c14-10-6-2-4-8-12(10)21(19,20)18-11-7-3-1-5-9(11)13(15,16)17/h2,4,6,8-9,11,18H,1,3,5,7H2. The van der Waals surface area contributed by atoms with Crippen molar-refractivity contribution in [3.05, 3.63) is 30.1 Å². The molecule has 0 aliphatic heterocycles. The maximum Gasteiger partial charge on any atom is 0.393 e. The highest BCUT2D eigenvalue weighted by Gasteiger charge is 2.46. The van der Waals surface area contributed by atoms with E-state index in [1.165, 1.54) is 12.1 Å². The van der Waals surface area contributed by atoms with Gasteiger partial charge < -0.3 is 0 Å². The zero-order valence-corrected chi connectivity index (χ0v) is 11.8. The minimum Gasteiger partial charge on any atom is -0.207 e. The summed E-state index contributed by atoms with van der Waals surface area (Å²) in [5.41, 5.74) is 0. The van der Waals surface area contributed by atoms with Crippen molar-refractivity contribution in [2.75, 3.05) is 0 Å². The summed E-state index contributed by atoms with van der Waals surface area (Å²) in [5.74, 6) is -2.71. The van der Waals surface area contributed by atoms with Crippen LogP contribution in [0.2, 0.25) is 0 Å². The minimum atomic E-state index is -4.47. The molecule has 0 saturated heterocycles. The van der Waals surface area contributed by atoms with E-state index in [4.69, 9.17) is 0 Å². The van der Waals surface area contributed by atoms with Gasteiger partial charge in [0, 0.05) is 6.04 Å². The Hall–Kier alpha value is -1.15. The number of halogens is 4. The first kappa shape index (κ1) is 16.2. The van der Waals surface area contributed by atoms with Gasteiger partial charge in [0.1, 0.15) is 10.7 Å². The lowest BCUT2D eigenvalue weighted by Crippen LogP contribution is -2.47. The maximum absolute atomic E-state index is 13.5. The normalized spacial score (nSPS) is 24.0. The van der Waals surface area contributed by atoms with Crippen molar-refractivity contribution in [2.24, 2.45) is 5.92 Å². The smallest absolute Gasteiger partial charge is 0.207 e. The van der Waals surface area contributed by atoms with Gasteiger partial charge in [0.05, 0.1) is 5.92 Å². The summed E-state index contributed by atoms with van der Waals surface area (Å²) in [7, 11) is -4.31. The summed E-state index contributed by atoms with van der Waals surface area (Å²) in [6.45, 7) is 0. The molecular weight excluding hydrogens is 310 g/mol. The van der Waals surface area contributed by atoms with Crippen molar-refractivity contribution in [1.82, 2.24) is 4.72 Å². The Labute approximate surface area is 120 Å². The van der Waals surface area contributed by atoms with Crippen LogP contribution < -0.4 is 4.72 Å². The van der Waals surface area contributed by atoms with E-state index in [0.717, 1.165) is 12.1 Å². The van der Waals surface area contributed by atoms with Crippen LogP contribution in [0, 0.1) is 11.7 Å². The molecule has 0 heterocycles. The van der Waals surface area contributed by atoms with Crippen LogP contribution in [0.25, 0.3) is 0 Å². The SMILES string of the molecule is O=S(=O)(NC1CCCCC1C(F)(F)F)c1ccccc1F. The number of alkyl halides is 3. The van der Waals surface area contributed by atoms with Crippen LogP contribution in [0.4, 0.5) is 17.6 Å². The molecule has 2 unspecified atom stereocenters. The molecule has 2 rings (SSSR count). The molecule has 1 aromatic carbocycles. The van der Waals surface area contributed by atoms with Gasteiger partial charge >= 0.3 is 6.18 Å². The second kappa shape index (κ2) is 5.92. The van der Waals surface area contributed by atoms with Gasteiger partial charge in [-0.25, -0.2) is 17.5 Å². The first-order chi connectivity index (χ1) is 9.72. The molecule has 0 amide bonds. The van der Waals surface area contributed by atoms with Crippen molar-refractivity contribution in [3.63, 3.8) is 0 Å². The van der Waals surface area contributed by atoms with Crippen LogP contribution in [0.15, 0.2) is 29.2 Å². The highest BCUT2D eigenvalue weighted by Crippen LogP contribution is 2.38. The first-order valence-electron chi connectivity index (χ1n) is 6.55. The number of nitrogens with one attached hydrogen (secondary N) is 1. The average Bonchev–Trinajstić information content (AvgIpc) is 2.38. The molecule has 0 spiro atoms. The summed E-state index contributed by atoms with van der Waals surface area (Å²) in [4.78, 5) is -0.628. The molecule has 1 aliphatic carbocycles. The van der Waals surface area contributed by atoms with Crippen molar-refractivity contribution >= 4 is 10.0 Å². The molecule has 21 heavy (non-hydrogen) atoms. The Morgan fingerprint density at radius 3 is 2.33 bits per heavy atom. The monoisotopic (exact) mass is 325 g/mol. The summed E-state index contributed by atoms with van der Waals surface area (Å²) >= 11 is 0. The zero-order valence-electron chi connectivity index (χ0n) is 11.0. The second-order valence-electron chi connectivity index (χ2n) is 5.09. The number of rotatable bonds is 3. The third-order valence-corrected chi connectivity index (χ3v) is 5.14. The van der Waals surface area contributed by atoms with E-state index < -0.39 is 38.9 Å². The molecule has 0 radical (unpaired) electrons. The molecule has 3 nitrogen and oxygen atoms in total. The van der Waals surface area contributed by atoms with Gasteiger partial charge in [-0.1, -0.05) is 25.0 Å². The summed E-state index contributed by atoms with van der Waals surface area (Å²) < 4.78 is 78.5. The van der Waals surface area contributed by atoms with Gasteiger partial charge in [0.2, 0.25) is 10.0 Å². The van der Waals surface area contributed by atoms with Gasteiger partial charge in [-0.2, -0.15) is 13.2 Å². The molecule has 1 saturated carbocycles. The summed E-state index contributed by atoms with van der Waals surface area (Å²) in [6, 6.07) is 3.37. The molecule has 1 aromatic rings. The summed E-state index contributed by atoms with van der Waals surface area (Å²) in [6.07, 6.45) is -3.58. The topological polar surface area (TPSA) is 46.2 Å². The van der Waals surface area contributed by atoms with Gasteiger partial charge in [0.25, 0.3) is 0 Å². The van der Waals surface area contributed by atoms with Crippen molar-refractivity contribution < 1.29 is 26.0 Å². The number of benzene rings is 1. The Morgan fingerprint density at radius 2 is 1.71 bits per heavy atom. The highest BCUT2D eigenvalue weighted by molar-refractivity contribution is 7.89. The van der Waals surface area contributed by atoms with E-state index in [1.54, 1.807) is 0 Å². The molecule has 2 atom stereocenters. The predicted octanol–water partition coefficient (Wildman–Crippen LogP) is 3.23. The third-order valence-electron chi connectivity index (χ3n) is 3.62. The largest absolute Gasteiger partial charge is 0.393 e. The van der Waals surface area contributed by atoms with Crippen LogP contribution in [0.1, 0.15) is 25.7 Å². The first-order valence-corrected chi connectivity index (χ1v) is 8.04. The van der Waals surface area contributed by atoms with Crippen molar-refractivity contribution in [1.29, 1.82) is 0 Å². The molecule has 1 fully saturated rings. The molecule has 1 N–H and O–H groups in total. The lowest BCUT2D eigenvalue weighted by Gasteiger charge is -2.33. The highest BCUT2D eigenvalue weighted by atomic mass is 32.2. The lowest BCUT2D eigenvalue weighted by molar-refractivity contribution is -0.187. The van der Waals surface area contributed by atoms with E-state index in [-0.39, 0.29) is 12.8 Å². The van der Waals surface area contributed by atoms with Crippen molar-refractivity contribution in [2.45, 2.75) is 42.8 Å². The van der Waals surface area contributed by atoms with Gasteiger partial charge in [0.15, 0.2) is 0 Å². The fourth-order valence-corrected chi connectivity index (χ4v) is 3.98. The van der Waals surface area contributed by atoms with Crippen LogP contribution >= 0.6 is 0 Å². The molecular formula is C13H15F4NO2S. The van der Waals surface area contributed by atoms with Crippen LogP contribution in [0.5, 0.6) is 0 Å². The fraction of sp³-hybridized carbons (Fsp3) is 0.538. The van der Waals surface area contributed by atoms with E-state index in [0.29, 0.717) is 12.8 Å². The lowest BCUT2D eigenvalue weighted by atomic mass is 9.85. The van der Waals surface area contributed by atoms with Crippen molar-refractivity contribution in [3.8, 4) is 0 Å². The molecule has 118 valence electrons. The van der Waals surface area contributed by atoms with E-state index in [1.807, 2.05) is 4.72 Å². The summed E-state index contributed by atoms with van der Waals surface area (Å²) in [5, 5.41) is 0. The van der Waals surface area contributed by atoms with Gasteiger partial charge in [-0.15, -0.1) is 0 Å². The van der Waals surface area contributed by atoms with Crippen LogP contribution in [-0.4, -0.2) is 20.6 Å². The molecule has 0 aromatic heterocycles. The fourth-order valence-electron chi connectivity index (χ4n) is 2.59. The van der Waals surface area contributed by atoms with Gasteiger partial charge in [-0.05, 0) is 25.0 Å². The molecule has 0 bridgehead atoms. The Balaban J connectivity index is 2.25. The Bertz CT molecular complexity index is 600. The zero-order chi connectivity index (χ0) is 15.7. The molecule has 1 aliphatic rings. The van der Waals surface area contributed by atoms with E-state index in [2.05, 4.69) is 0 Å². The third kappa shape index (κ3) is 3.74. The number of sulfonamides is 1. The predicted molar refractivity (Wildman–Crippen MR) is 68.5 cm³/mol. The average molecular weight is 325 g/mol. The minimum absolute atomic E-state index is 0.0951. The maximum atomic E-state index is 13.5. The number of hydrogen-bond acceptors (Lipinski definition) is 2.